The van der Waals surface area contributed by atoms with E-state index in [1.54, 1.807) is 13.0 Å². The predicted octanol–water partition coefficient (Wildman–Crippen LogP) is 4.54. The lowest BCUT2D eigenvalue weighted by Crippen LogP contribution is -2.58. The number of aromatic nitrogens is 2. The third-order valence-corrected chi connectivity index (χ3v) is 13.5. The first kappa shape index (κ1) is 41.9. The third-order valence-electron chi connectivity index (χ3n) is 11.4. The molecule has 2 aromatic rings. The molecule has 2 aliphatic carbocycles. The molecule has 0 bridgehead atoms. The van der Waals surface area contributed by atoms with E-state index in [9.17, 15) is 40.8 Å². The molecule has 3 heterocycles. The number of alkyl carbamates (subject to hydrolysis) is 1. The Morgan fingerprint density at radius 1 is 1.07 bits per heavy atom. The van der Waals surface area contributed by atoms with Crippen molar-refractivity contribution in [1.29, 1.82) is 0 Å². The van der Waals surface area contributed by atoms with Crippen LogP contribution in [0.15, 0.2) is 30.4 Å². The Balaban J connectivity index is 1.34. The summed E-state index contributed by atoms with van der Waals surface area (Å²) in [5.41, 5.74) is -3.14. The second kappa shape index (κ2) is 15.9. The number of carbonyl (C=O) groups excluding carboxylic acids is 4. The average molecular weight is 823 g/mol. The van der Waals surface area contributed by atoms with Crippen molar-refractivity contribution < 1.29 is 55.0 Å². The van der Waals surface area contributed by atoms with Gasteiger partial charge in [-0.2, -0.15) is 13.2 Å². The van der Waals surface area contributed by atoms with Crippen LogP contribution in [0.2, 0.25) is 0 Å². The summed E-state index contributed by atoms with van der Waals surface area (Å²) < 4.78 is 87.0. The monoisotopic (exact) mass is 822 g/mol. The number of sulfonamides is 1. The molecule has 4 amide bonds. The van der Waals surface area contributed by atoms with Gasteiger partial charge in [0.05, 0.1) is 29.4 Å². The minimum Gasteiger partial charge on any atom is -0.497 e. The van der Waals surface area contributed by atoms with Crippen LogP contribution in [0, 0.1) is 11.8 Å². The zero-order valence-corrected chi connectivity index (χ0v) is 33.3. The molecule has 3 fully saturated rings. The summed E-state index contributed by atoms with van der Waals surface area (Å²) in [6.45, 7) is 6.53. The second-order valence-corrected chi connectivity index (χ2v) is 18.2. The number of hydrogen-bond donors (Lipinski definition) is 3. The number of ether oxygens (including phenoxy) is 3. The fourth-order valence-electron chi connectivity index (χ4n) is 7.00. The highest BCUT2D eigenvalue weighted by atomic mass is 32.2. The lowest BCUT2D eigenvalue weighted by atomic mass is 10.0. The quantitative estimate of drug-likeness (QED) is 0.301. The van der Waals surface area contributed by atoms with Gasteiger partial charge < -0.3 is 29.7 Å². The number of carbonyl (C=O) groups is 4. The topological polar surface area (TPSA) is 195 Å². The number of alkyl halides is 3. The van der Waals surface area contributed by atoms with E-state index in [-0.39, 0.29) is 36.2 Å². The zero-order valence-electron chi connectivity index (χ0n) is 32.5. The summed E-state index contributed by atoms with van der Waals surface area (Å²) >= 11 is 0. The predicted molar refractivity (Wildman–Crippen MR) is 199 cm³/mol. The van der Waals surface area contributed by atoms with E-state index in [1.165, 1.54) is 32.2 Å². The number of nitrogens with one attached hydrogen (secondary N) is 3. The molecule has 1 aromatic carbocycles. The van der Waals surface area contributed by atoms with Crippen LogP contribution < -0.4 is 24.8 Å². The van der Waals surface area contributed by atoms with Crippen LogP contribution in [0.3, 0.4) is 0 Å². The summed E-state index contributed by atoms with van der Waals surface area (Å²) in [6, 6.07) is 1.52. The van der Waals surface area contributed by atoms with Gasteiger partial charge in [-0.05, 0) is 70.4 Å². The Bertz CT molecular complexity index is 2040. The van der Waals surface area contributed by atoms with Gasteiger partial charge in [0.2, 0.25) is 33.4 Å². The van der Waals surface area contributed by atoms with Gasteiger partial charge in [0.1, 0.15) is 35.6 Å². The lowest BCUT2D eigenvalue weighted by Gasteiger charge is -2.30. The van der Waals surface area contributed by atoms with Gasteiger partial charge in [-0.3, -0.25) is 19.1 Å². The van der Waals surface area contributed by atoms with Crippen LogP contribution in [-0.2, 0) is 35.3 Å². The van der Waals surface area contributed by atoms with Gasteiger partial charge >= 0.3 is 12.3 Å². The summed E-state index contributed by atoms with van der Waals surface area (Å²) in [5, 5.41) is 5.36. The summed E-state index contributed by atoms with van der Waals surface area (Å²) in [4.78, 5) is 64.7. The van der Waals surface area contributed by atoms with Crippen LogP contribution in [0.4, 0.5) is 18.0 Å². The average Bonchev–Trinajstić information content (AvgIpc) is 4.02. The highest BCUT2D eigenvalue weighted by Gasteiger charge is 2.63. The van der Waals surface area contributed by atoms with Crippen molar-refractivity contribution in [2.45, 2.75) is 126 Å². The largest absolute Gasteiger partial charge is 0.497 e. The third kappa shape index (κ3) is 9.07. The maximum atomic E-state index is 14.5. The molecule has 3 N–H and O–H groups in total. The number of halogens is 3. The number of benzene rings is 1. The fourth-order valence-corrected chi connectivity index (χ4v) is 8.31. The van der Waals surface area contributed by atoms with Crippen molar-refractivity contribution in [1.82, 2.24) is 30.2 Å². The van der Waals surface area contributed by atoms with E-state index in [0.717, 1.165) is 4.90 Å². The summed E-state index contributed by atoms with van der Waals surface area (Å²) in [6.07, 6.45) is -0.920. The molecule has 6 rings (SSSR count). The van der Waals surface area contributed by atoms with Crippen LogP contribution in [0.25, 0.3) is 11.0 Å². The number of nitrogens with zero attached hydrogens (tertiary/aromatic N) is 3. The van der Waals surface area contributed by atoms with Crippen LogP contribution in [0.5, 0.6) is 11.6 Å². The van der Waals surface area contributed by atoms with Gasteiger partial charge in [-0.25, -0.2) is 23.2 Å². The Morgan fingerprint density at radius 2 is 1.81 bits per heavy atom. The number of fused-ring (bicyclic) bond motifs is 3. The molecule has 0 spiro atoms. The lowest BCUT2D eigenvalue weighted by molar-refractivity contribution is -0.143. The van der Waals surface area contributed by atoms with E-state index < -0.39 is 98.6 Å². The van der Waals surface area contributed by atoms with Crippen LogP contribution in [-0.4, -0.2) is 95.3 Å². The smallest absolute Gasteiger partial charge is 0.438 e. The molecule has 6 atom stereocenters. The van der Waals surface area contributed by atoms with Crippen molar-refractivity contribution >= 4 is 44.9 Å². The van der Waals surface area contributed by atoms with Gasteiger partial charge in [0.15, 0.2) is 0 Å². The number of rotatable bonds is 9. The van der Waals surface area contributed by atoms with Crippen molar-refractivity contribution in [2.75, 3.05) is 13.7 Å². The fraction of sp³-hybridized carbons (Fsp3) is 0.632. The summed E-state index contributed by atoms with van der Waals surface area (Å²) in [5.74, 6) is -3.68. The Kier molecular flexibility index (Phi) is 11.7. The van der Waals surface area contributed by atoms with E-state index in [1.807, 2.05) is 19.9 Å². The Labute approximate surface area is 328 Å². The van der Waals surface area contributed by atoms with Gasteiger partial charge in [-0.1, -0.05) is 38.8 Å². The molecular weight excluding hydrogens is 774 g/mol. The first-order chi connectivity index (χ1) is 26.8. The second-order valence-electron chi connectivity index (χ2n) is 16.0. The molecule has 19 heteroatoms. The molecule has 0 radical (unpaired) electrons. The first-order valence-electron chi connectivity index (χ1n) is 19.2. The van der Waals surface area contributed by atoms with Gasteiger partial charge in [-0.15, -0.1) is 0 Å². The Hall–Kier alpha value is -4.68. The van der Waals surface area contributed by atoms with E-state index in [4.69, 9.17) is 14.2 Å². The van der Waals surface area contributed by atoms with Crippen molar-refractivity contribution in [3.05, 3.63) is 36.0 Å². The maximum absolute atomic E-state index is 14.5. The normalized spacial score (nSPS) is 27.5. The van der Waals surface area contributed by atoms with E-state index in [2.05, 4.69) is 25.3 Å². The number of methoxy groups -OCH3 is 1. The number of hydrogen-bond acceptors (Lipinski definition) is 11. The standard InChI is InChI=1S/C38H49F3N6O9S/c1-21(2)22(3)55-35(51)44-27-12-10-8-6-7-9-11-23-19-37(23,34(50)46-57(52,53)36(4)15-16-36)45-31(48)29-18-25(20-47(29)33(27)49)56-32-30(38(39,40)41)42-26-14-13-24(54-5)17-28(26)43-32/h9,11,13-14,17,21-23,25,27,29H,6-8,10,12,15-16,18-20H2,1-5H3,(H,44,51)(H,45,48)(H,46,50)/b11-9-/t22-,23-,25-,27+,29+,37-/m1/s1. The molecule has 4 aliphatic rings. The Morgan fingerprint density at radius 3 is 2.47 bits per heavy atom. The molecule has 312 valence electrons. The van der Waals surface area contributed by atoms with Gasteiger partial charge in [0, 0.05) is 18.4 Å². The van der Waals surface area contributed by atoms with Crippen molar-refractivity contribution in [3.63, 3.8) is 0 Å². The van der Waals surface area contributed by atoms with Crippen LogP contribution in [0.1, 0.15) is 91.2 Å². The number of allylic oxidation sites excluding steroid dienone is 1. The molecule has 2 aliphatic heterocycles. The SMILES string of the molecule is COc1ccc2nc(C(F)(F)F)c(O[C@@H]3C[C@H]4C(=O)N[C@]5(C(=O)NS(=O)(=O)C6(C)CC6)C[C@H]5/C=C\CCCCC[C@H](NC(=O)O[C@H](C)C(C)C)C(=O)N4C3)nc2c1. The van der Waals surface area contributed by atoms with Gasteiger partial charge in [0.25, 0.3) is 5.91 Å². The van der Waals surface area contributed by atoms with Crippen molar-refractivity contribution in [3.8, 4) is 11.6 Å². The minimum absolute atomic E-state index is 0.0317. The molecule has 1 saturated heterocycles. The van der Waals surface area contributed by atoms with E-state index in [0.29, 0.717) is 44.3 Å². The highest BCUT2D eigenvalue weighted by molar-refractivity contribution is 7.91. The zero-order chi connectivity index (χ0) is 41.5. The molecular formula is C38H49F3N6O9S. The molecule has 15 nitrogen and oxygen atoms in total. The van der Waals surface area contributed by atoms with Crippen LogP contribution >= 0.6 is 0 Å². The first-order valence-corrected chi connectivity index (χ1v) is 20.7. The number of amides is 4. The molecule has 2 saturated carbocycles. The molecule has 1 aromatic heterocycles. The molecule has 57 heavy (non-hydrogen) atoms. The van der Waals surface area contributed by atoms with Crippen molar-refractivity contribution in [2.24, 2.45) is 11.8 Å². The maximum Gasteiger partial charge on any atom is 0.438 e. The van der Waals surface area contributed by atoms with E-state index >= 15 is 0 Å². The molecule has 0 unspecified atom stereocenters. The highest BCUT2D eigenvalue weighted by Crippen LogP contribution is 2.47. The summed E-state index contributed by atoms with van der Waals surface area (Å²) in [7, 11) is -2.71. The minimum atomic E-state index is -5.00.